The van der Waals surface area contributed by atoms with Crippen LogP contribution in [0.1, 0.15) is 30.1 Å². The summed E-state index contributed by atoms with van der Waals surface area (Å²) in [7, 11) is 0. The Balaban J connectivity index is 1.35. The maximum Gasteiger partial charge on any atom is 0.253 e. The normalized spacial score (nSPS) is 17.9. The number of aryl methyl sites for hydroxylation is 1. The molecule has 3 aromatic rings. The first-order valence-electron chi connectivity index (χ1n) is 9.95. The third-order valence-corrected chi connectivity index (χ3v) is 5.47. The van der Waals surface area contributed by atoms with Crippen LogP contribution in [0.5, 0.6) is 0 Å². The van der Waals surface area contributed by atoms with Crippen molar-refractivity contribution in [3.05, 3.63) is 66.1 Å². The molecule has 0 bridgehead atoms. The van der Waals surface area contributed by atoms with Crippen molar-refractivity contribution in [1.82, 2.24) is 9.88 Å². The Hall–Kier alpha value is -3.15. The Bertz CT molecular complexity index is 1060. The lowest BCUT2D eigenvalue weighted by Gasteiger charge is -2.12. The van der Waals surface area contributed by atoms with Gasteiger partial charge in [0.15, 0.2) is 0 Å². The molecule has 0 aliphatic heterocycles. The monoisotopic (exact) mass is 393 g/mol. The highest BCUT2D eigenvalue weighted by atomic mass is 19.1. The first-order chi connectivity index (χ1) is 14.0. The molecule has 0 radical (unpaired) electrons. The van der Waals surface area contributed by atoms with Crippen LogP contribution >= 0.6 is 0 Å². The van der Waals surface area contributed by atoms with Gasteiger partial charge >= 0.3 is 0 Å². The predicted molar refractivity (Wildman–Crippen MR) is 111 cm³/mol. The van der Waals surface area contributed by atoms with Crippen molar-refractivity contribution in [3.8, 4) is 0 Å². The average molecular weight is 393 g/mol. The molecule has 6 heteroatoms. The van der Waals surface area contributed by atoms with Crippen LogP contribution in [-0.2, 0) is 11.3 Å². The molecule has 5 nitrogen and oxygen atoms in total. The lowest BCUT2D eigenvalue weighted by atomic mass is 10.1. The second kappa shape index (κ2) is 8.07. The number of hydrogen-bond acceptors (Lipinski definition) is 2. The second-order valence-electron chi connectivity index (χ2n) is 7.68. The molecule has 1 aliphatic carbocycles. The van der Waals surface area contributed by atoms with Gasteiger partial charge in [0.1, 0.15) is 5.82 Å². The minimum atomic E-state index is -0.508. The Morgan fingerprint density at radius 3 is 2.76 bits per heavy atom. The summed E-state index contributed by atoms with van der Waals surface area (Å²) in [6.07, 6.45) is 3.62. The summed E-state index contributed by atoms with van der Waals surface area (Å²) >= 11 is 0. The average Bonchev–Trinajstić information content (AvgIpc) is 3.31. The first kappa shape index (κ1) is 19.2. The summed E-state index contributed by atoms with van der Waals surface area (Å²) in [6, 6.07) is 14.1. The number of aromatic nitrogens is 1. The summed E-state index contributed by atoms with van der Waals surface area (Å²) in [4.78, 5) is 24.8. The molecule has 1 aromatic heterocycles. The molecule has 0 spiro atoms. The van der Waals surface area contributed by atoms with E-state index >= 15 is 0 Å². The highest BCUT2D eigenvalue weighted by molar-refractivity contribution is 6.04. The van der Waals surface area contributed by atoms with E-state index < -0.39 is 5.82 Å². The van der Waals surface area contributed by atoms with Crippen molar-refractivity contribution in [2.75, 3.05) is 11.9 Å². The molecule has 2 aromatic carbocycles. The molecule has 1 saturated carbocycles. The number of carbonyl (C=O) groups excluding carboxylic acids is 2. The van der Waals surface area contributed by atoms with E-state index in [1.807, 2.05) is 25.3 Å². The highest BCUT2D eigenvalue weighted by Crippen LogP contribution is 2.38. The summed E-state index contributed by atoms with van der Waals surface area (Å²) in [5.74, 6) is -0.671. The third-order valence-electron chi connectivity index (χ3n) is 5.47. The topological polar surface area (TPSA) is 63.1 Å². The van der Waals surface area contributed by atoms with Gasteiger partial charge in [0.2, 0.25) is 5.91 Å². The number of hydrogen-bond donors (Lipinski definition) is 2. The molecule has 150 valence electrons. The van der Waals surface area contributed by atoms with Crippen LogP contribution in [-0.4, -0.2) is 22.9 Å². The lowest BCUT2D eigenvalue weighted by Crippen LogP contribution is -2.27. The lowest BCUT2D eigenvalue weighted by molar-refractivity contribution is -0.117. The van der Waals surface area contributed by atoms with E-state index in [-0.39, 0.29) is 23.3 Å². The molecular weight excluding hydrogens is 369 g/mol. The molecule has 4 rings (SSSR count). The Labute approximate surface area is 168 Å². The van der Waals surface area contributed by atoms with Crippen LogP contribution < -0.4 is 10.6 Å². The number of fused-ring (bicyclic) bond motifs is 1. The van der Waals surface area contributed by atoms with Crippen molar-refractivity contribution in [1.29, 1.82) is 0 Å². The van der Waals surface area contributed by atoms with Gasteiger partial charge in [-0.2, -0.15) is 0 Å². The SMILES string of the molecule is CC1CC1C(=O)Nc1ccc(F)cc1C(=O)NCCCn1ccc2ccccc21. The fourth-order valence-electron chi connectivity index (χ4n) is 3.61. The van der Waals surface area contributed by atoms with Crippen LogP contribution in [0.25, 0.3) is 10.9 Å². The Morgan fingerprint density at radius 2 is 1.97 bits per heavy atom. The van der Waals surface area contributed by atoms with E-state index in [0.717, 1.165) is 24.9 Å². The van der Waals surface area contributed by atoms with Crippen molar-refractivity contribution in [2.24, 2.45) is 11.8 Å². The minimum absolute atomic E-state index is 0.0210. The van der Waals surface area contributed by atoms with E-state index in [4.69, 9.17) is 0 Å². The van der Waals surface area contributed by atoms with Gasteiger partial charge in [-0.3, -0.25) is 9.59 Å². The number of carbonyl (C=O) groups is 2. The first-order valence-corrected chi connectivity index (χ1v) is 9.95. The van der Waals surface area contributed by atoms with E-state index in [9.17, 15) is 14.0 Å². The van der Waals surface area contributed by atoms with Crippen LogP contribution in [0, 0.1) is 17.7 Å². The number of nitrogens with zero attached hydrogens (tertiary/aromatic N) is 1. The summed E-state index contributed by atoms with van der Waals surface area (Å²) in [5, 5.41) is 6.79. The number of benzene rings is 2. The van der Waals surface area contributed by atoms with Gasteiger partial charge in [0, 0.05) is 30.7 Å². The number of amides is 2. The number of nitrogens with one attached hydrogen (secondary N) is 2. The van der Waals surface area contributed by atoms with Gasteiger partial charge in [-0.15, -0.1) is 0 Å². The number of para-hydroxylation sites is 1. The highest BCUT2D eigenvalue weighted by Gasteiger charge is 2.39. The predicted octanol–water partition coefficient (Wildman–Crippen LogP) is 4.20. The molecule has 2 N–H and O–H groups in total. The van der Waals surface area contributed by atoms with Gasteiger partial charge < -0.3 is 15.2 Å². The van der Waals surface area contributed by atoms with Gasteiger partial charge in [-0.25, -0.2) is 4.39 Å². The Morgan fingerprint density at radius 1 is 1.17 bits per heavy atom. The molecular formula is C23H24FN3O2. The molecule has 0 saturated heterocycles. The van der Waals surface area contributed by atoms with E-state index in [0.29, 0.717) is 18.2 Å². The van der Waals surface area contributed by atoms with Gasteiger partial charge in [0.25, 0.3) is 5.91 Å². The van der Waals surface area contributed by atoms with Crippen LogP contribution in [0.3, 0.4) is 0 Å². The van der Waals surface area contributed by atoms with Crippen LogP contribution in [0.4, 0.5) is 10.1 Å². The van der Waals surface area contributed by atoms with Gasteiger partial charge in [0.05, 0.1) is 11.3 Å². The molecule has 1 aliphatic rings. The minimum Gasteiger partial charge on any atom is -0.352 e. The summed E-state index contributed by atoms with van der Waals surface area (Å²) in [5.41, 5.74) is 1.66. The third kappa shape index (κ3) is 4.31. The number of halogens is 1. The van der Waals surface area contributed by atoms with Crippen LogP contribution in [0.15, 0.2) is 54.7 Å². The Kier molecular flexibility index (Phi) is 5.34. The van der Waals surface area contributed by atoms with Crippen molar-refractivity contribution in [3.63, 3.8) is 0 Å². The molecule has 2 atom stereocenters. The fraction of sp³-hybridized carbons (Fsp3) is 0.304. The molecule has 1 heterocycles. The zero-order valence-corrected chi connectivity index (χ0v) is 16.3. The van der Waals surface area contributed by atoms with Crippen molar-refractivity contribution < 1.29 is 14.0 Å². The van der Waals surface area contributed by atoms with E-state index in [1.165, 1.54) is 23.6 Å². The zero-order valence-electron chi connectivity index (χ0n) is 16.3. The maximum absolute atomic E-state index is 13.7. The smallest absolute Gasteiger partial charge is 0.253 e. The molecule has 2 amide bonds. The summed E-state index contributed by atoms with van der Waals surface area (Å²) in [6.45, 7) is 3.23. The number of rotatable bonds is 7. The zero-order chi connectivity index (χ0) is 20.4. The van der Waals surface area contributed by atoms with E-state index in [1.54, 1.807) is 0 Å². The molecule has 1 fully saturated rings. The molecule has 29 heavy (non-hydrogen) atoms. The largest absolute Gasteiger partial charge is 0.352 e. The van der Waals surface area contributed by atoms with Crippen molar-refractivity contribution in [2.45, 2.75) is 26.3 Å². The van der Waals surface area contributed by atoms with E-state index in [2.05, 4.69) is 33.4 Å². The summed E-state index contributed by atoms with van der Waals surface area (Å²) < 4.78 is 15.8. The second-order valence-corrected chi connectivity index (χ2v) is 7.68. The van der Waals surface area contributed by atoms with Crippen molar-refractivity contribution >= 4 is 28.4 Å². The quantitative estimate of drug-likeness (QED) is 0.591. The molecule has 2 unspecified atom stereocenters. The fourth-order valence-corrected chi connectivity index (χ4v) is 3.61. The number of anilines is 1. The standard InChI is InChI=1S/C23H24FN3O2/c1-15-13-18(15)23(29)26-20-8-7-17(24)14-19(20)22(28)25-10-4-11-27-12-9-16-5-2-3-6-21(16)27/h2-3,5-9,12,14-15,18H,4,10-11,13H2,1H3,(H,25,28)(H,26,29). The van der Waals surface area contributed by atoms with Gasteiger partial charge in [-0.1, -0.05) is 25.1 Å². The van der Waals surface area contributed by atoms with Gasteiger partial charge in [-0.05, 0) is 54.5 Å². The maximum atomic E-state index is 13.7. The van der Waals surface area contributed by atoms with Crippen LogP contribution in [0.2, 0.25) is 0 Å².